The Morgan fingerprint density at radius 3 is 2.63 bits per heavy atom. The Labute approximate surface area is 264 Å². The highest BCUT2D eigenvalue weighted by molar-refractivity contribution is 7.17. The van der Waals surface area contributed by atoms with Crippen molar-refractivity contribution < 1.29 is 37.3 Å². The standard InChI is InChI=1S/C32H30F3N5O5S/c1-3-45-29-17(13-26(36)41)12-25(38-28(29)22-15-46-24-7-5-4-6-21(22)24)31(43,32(33,34)35)16-37-30(42)18-10-19-14-40(20-8-9-20)39-27(19)23(11-18)44-2/h4-7,10-12,14-15,20,43H,3,8-9,13,16H2,1-2H3,(H2,36,41)(H,37,42)/t31-/m0/s1. The van der Waals surface area contributed by atoms with Crippen molar-refractivity contribution in [3.63, 3.8) is 0 Å². The molecule has 0 aliphatic heterocycles. The van der Waals surface area contributed by atoms with Crippen LogP contribution in [0.2, 0.25) is 0 Å². The number of aromatic nitrogens is 3. The number of hydrogen-bond donors (Lipinski definition) is 3. The van der Waals surface area contributed by atoms with Gasteiger partial charge in [0, 0.05) is 43.7 Å². The number of benzene rings is 2. The number of nitrogens with two attached hydrogens (primary N) is 1. The summed E-state index contributed by atoms with van der Waals surface area (Å²) in [6, 6.07) is 11.3. The van der Waals surface area contributed by atoms with Gasteiger partial charge in [-0.2, -0.15) is 18.3 Å². The molecule has 1 saturated carbocycles. The summed E-state index contributed by atoms with van der Waals surface area (Å²) in [6.07, 6.45) is -2.06. The van der Waals surface area contributed by atoms with Gasteiger partial charge in [-0.1, -0.05) is 18.2 Å². The molecule has 4 N–H and O–H groups in total. The topological polar surface area (TPSA) is 142 Å². The highest BCUT2D eigenvalue weighted by atomic mass is 32.1. The Morgan fingerprint density at radius 2 is 1.96 bits per heavy atom. The SMILES string of the molecule is CCOc1c(CC(N)=O)cc([C@@](O)(CNC(=O)c2cc(OC)c3nn(C4CC4)cc3c2)C(F)(F)F)nc1-c1csc2ccccc12. The summed E-state index contributed by atoms with van der Waals surface area (Å²) in [6.45, 7) is 0.523. The Balaban J connectivity index is 1.41. The number of nitrogens with zero attached hydrogens (tertiary/aromatic N) is 3. The maximum absolute atomic E-state index is 14.8. The van der Waals surface area contributed by atoms with Crippen LogP contribution in [0.4, 0.5) is 13.2 Å². The van der Waals surface area contributed by atoms with Crippen LogP contribution in [0.5, 0.6) is 11.5 Å². The molecule has 0 bridgehead atoms. The normalized spacial score (nSPS) is 14.7. The Bertz CT molecular complexity index is 1970. The number of hydrogen-bond acceptors (Lipinski definition) is 8. The maximum Gasteiger partial charge on any atom is 0.424 e. The minimum Gasteiger partial charge on any atom is -0.494 e. The molecule has 46 heavy (non-hydrogen) atoms. The molecule has 240 valence electrons. The molecule has 2 amide bonds. The van der Waals surface area contributed by atoms with Crippen molar-refractivity contribution in [2.24, 2.45) is 5.73 Å². The molecule has 0 radical (unpaired) electrons. The number of halogens is 3. The highest BCUT2D eigenvalue weighted by Gasteiger charge is 2.57. The molecule has 1 aliphatic rings. The minimum absolute atomic E-state index is 0.00455. The molecule has 6 rings (SSSR count). The van der Waals surface area contributed by atoms with Crippen LogP contribution in [0.15, 0.2) is 54.0 Å². The van der Waals surface area contributed by atoms with E-state index in [9.17, 15) is 27.9 Å². The Morgan fingerprint density at radius 1 is 1.20 bits per heavy atom. The van der Waals surface area contributed by atoms with Gasteiger partial charge >= 0.3 is 6.18 Å². The molecule has 1 atom stereocenters. The van der Waals surface area contributed by atoms with Crippen molar-refractivity contribution in [2.45, 2.75) is 44.0 Å². The van der Waals surface area contributed by atoms with E-state index in [1.807, 2.05) is 12.1 Å². The van der Waals surface area contributed by atoms with Crippen LogP contribution in [0.3, 0.4) is 0 Å². The lowest BCUT2D eigenvalue weighted by atomic mass is 9.93. The molecule has 5 aromatic rings. The smallest absolute Gasteiger partial charge is 0.424 e. The monoisotopic (exact) mass is 653 g/mol. The number of amides is 2. The third-order valence-corrected chi connectivity index (χ3v) is 8.79. The van der Waals surface area contributed by atoms with E-state index < -0.39 is 42.3 Å². The van der Waals surface area contributed by atoms with Crippen LogP contribution < -0.4 is 20.5 Å². The number of carbonyl (C=O) groups excluding carboxylic acids is 2. The van der Waals surface area contributed by atoms with Gasteiger partial charge in [0.05, 0.1) is 38.4 Å². The average Bonchev–Trinajstić information content (AvgIpc) is 3.64. The van der Waals surface area contributed by atoms with E-state index in [1.165, 1.54) is 30.6 Å². The largest absolute Gasteiger partial charge is 0.494 e. The van der Waals surface area contributed by atoms with E-state index in [2.05, 4.69) is 15.4 Å². The van der Waals surface area contributed by atoms with E-state index >= 15 is 0 Å². The predicted molar refractivity (Wildman–Crippen MR) is 166 cm³/mol. The third kappa shape index (κ3) is 5.73. The summed E-state index contributed by atoms with van der Waals surface area (Å²) >= 11 is 1.35. The number of nitrogens with one attached hydrogen (secondary N) is 1. The second-order valence-electron chi connectivity index (χ2n) is 11.1. The molecule has 3 heterocycles. The van der Waals surface area contributed by atoms with Gasteiger partial charge in [0.1, 0.15) is 22.7 Å². The first kappa shape index (κ1) is 31.3. The average molecular weight is 654 g/mol. The zero-order chi connectivity index (χ0) is 32.8. The van der Waals surface area contributed by atoms with Crippen molar-refractivity contribution in [3.8, 4) is 22.8 Å². The number of fused-ring (bicyclic) bond motifs is 2. The van der Waals surface area contributed by atoms with Crippen molar-refractivity contribution in [1.29, 1.82) is 0 Å². The zero-order valence-electron chi connectivity index (χ0n) is 24.9. The number of methoxy groups -OCH3 is 1. The molecule has 1 fully saturated rings. The van der Waals surface area contributed by atoms with Crippen LogP contribution in [-0.4, -0.2) is 58.1 Å². The van der Waals surface area contributed by atoms with E-state index in [4.69, 9.17) is 15.2 Å². The maximum atomic E-state index is 14.8. The molecule has 0 spiro atoms. The van der Waals surface area contributed by atoms with Crippen LogP contribution in [0.1, 0.15) is 47.4 Å². The van der Waals surface area contributed by atoms with Crippen LogP contribution in [0, 0.1) is 0 Å². The van der Waals surface area contributed by atoms with Crippen LogP contribution in [-0.2, 0) is 16.8 Å². The van der Waals surface area contributed by atoms with Gasteiger partial charge in [-0.3, -0.25) is 14.3 Å². The molecular weight excluding hydrogens is 623 g/mol. The summed E-state index contributed by atoms with van der Waals surface area (Å²) in [5.74, 6) is -1.34. The number of carbonyl (C=O) groups is 2. The lowest BCUT2D eigenvalue weighted by Gasteiger charge is -2.31. The first-order valence-electron chi connectivity index (χ1n) is 14.5. The molecule has 14 heteroatoms. The fourth-order valence-corrected chi connectivity index (χ4v) is 6.29. The van der Waals surface area contributed by atoms with Gasteiger partial charge in [-0.15, -0.1) is 11.3 Å². The van der Waals surface area contributed by atoms with E-state index in [1.54, 1.807) is 35.3 Å². The Hall–Kier alpha value is -4.69. The summed E-state index contributed by atoms with van der Waals surface area (Å²) in [4.78, 5) is 29.6. The molecular formula is C32H30F3N5O5S. The first-order valence-corrected chi connectivity index (χ1v) is 15.4. The van der Waals surface area contributed by atoms with Crippen molar-refractivity contribution in [2.75, 3.05) is 20.3 Å². The zero-order valence-corrected chi connectivity index (χ0v) is 25.7. The number of thiophene rings is 1. The second kappa shape index (κ2) is 11.9. The number of aliphatic hydroxyl groups is 1. The molecule has 2 aromatic carbocycles. The summed E-state index contributed by atoms with van der Waals surface area (Å²) < 4.78 is 58.3. The van der Waals surface area contributed by atoms with Gasteiger partial charge in [-0.25, -0.2) is 4.98 Å². The second-order valence-corrected chi connectivity index (χ2v) is 12.0. The summed E-state index contributed by atoms with van der Waals surface area (Å²) in [5.41, 5.74) is 1.99. The fourth-order valence-electron chi connectivity index (χ4n) is 5.35. The molecule has 0 unspecified atom stereocenters. The molecule has 0 saturated heterocycles. The van der Waals surface area contributed by atoms with Gasteiger partial charge in [0.2, 0.25) is 11.5 Å². The minimum atomic E-state index is -5.30. The number of pyridine rings is 1. The number of ether oxygens (including phenoxy) is 2. The number of alkyl halides is 3. The van der Waals surface area contributed by atoms with Crippen molar-refractivity contribution in [3.05, 3.63) is 70.9 Å². The number of rotatable bonds is 11. The van der Waals surface area contributed by atoms with Gasteiger partial charge < -0.3 is 25.6 Å². The van der Waals surface area contributed by atoms with Crippen molar-refractivity contribution >= 4 is 44.1 Å². The highest BCUT2D eigenvalue weighted by Crippen LogP contribution is 2.44. The van der Waals surface area contributed by atoms with Gasteiger partial charge in [0.25, 0.3) is 5.91 Å². The number of primary amides is 1. The third-order valence-electron chi connectivity index (χ3n) is 7.83. The van der Waals surface area contributed by atoms with Crippen LogP contribution in [0.25, 0.3) is 32.2 Å². The fraction of sp³-hybridized carbons (Fsp3) is 0.312. The summed E-state index contributed by atoms with van der Waals surface area (Å²) in [7, 11) is 1.41. The van der Waals surface area contributed by atoms with E-state index in [0.29, 0.717) is 21.9 Å². The van der Waals surface area contributed by atoms with Gasteiger partial charge in [-0.05, 0) is 44.0 Å². The quantitative estimate of drug-likeness (QED) is 0.177. The lowest BCUT2D eigenvalue weighted by Crippen LogP contribution is -2.51. The molecule has 10 nitrogen and oxygen atoms in total. The van der Waals surface area contributed by atoms with Gasteiger partial charge in [0.15, 0.2) is 0 Å². The molecule has 1 aliphatic carbocycles. The summed E-state index contributed by atoms with van der Waals surface area (Å²) in [5, 5.41) is 21.1. The van der Waals surface area contributed by atoms with E-state index in [0.717, 1.165) is 23.6 Å². The van der Waals surface area contributed by atoms with E-state index in [-0.39, 0.29) is 41.0 Å². The Kier molecular flexibility index (Phi) is 8.11. The van der Waals surface area contributed by atoms with Crippen molar-refractivity contribution in [1.82, 2.24) is 20.1 Å². The molecule has 3 aromatic heterocycles. The predicted octanol–water partition coefficient (Wildman–Crippen LogP) is 5.26. The lowest BCUT2D eigenvalue weighted by molar-refractivity contribution is -0.265. The first-order chi connectivity index (χ1) is 21.9. The van der Waals surface area contributed by atoms with Crippen LogP contribution >= 0.6 is 11.3 Å².